The number of carbonyl (C=O) groups excluding carboxylic acids is 2. The summed E-state index contributed by atoms with van der Waals surface area (Å²) in [7, 11) is -3.62. The van der Waals surface area contributed by atoms with E-state index in [1.54, 1.807) is 30.3 Å². The second-order valence-corrected chi connectivity index (χ2v) is 8.33. The Balaban J connectivity index is 1.81. The van der Waals surface area contributed by atoms with Crippen molar-refractivity contribution in [2.45, 2.75) is 24.2 Å². The van der Waals surface area contributed by atoms with Crippen LogP contribution in [0.25, 0.3) is 0 Å². The van der Waals surface area contributed by atoms with Crippen molar-refractivity contribution in [2.24, 2.45) is 5.73 Å². The number of rotatable bonds is 5. The Labute approximate surface area is 158 Å². The summed E-state index contributed by atoms with van der Waals surface area (Å²) in [6.07, 6.45) is 2.71. The highest BCUT2D eigenvalue weighted by Gasteiger charge is 2.26. The van der Waals surface area contributed by atoms with Crippen LogP contribution in [0.4, 0.5) is 5.69 Å². The molecule has 0 aromatic heterocycles. The van der Waals surface area contributed by atoms with Crippen LogP contribution in [0, 0.1) is 0 Å². The molecule has 1 heterocycles. The molecule has 0 aliphatic carbocycles. The first-order valence-electron chi connectivity index (χ1n) is 8.69. The van der Waals surface area contributed by atoms with Crippen LogP contribution in [0.15, 0.2) is 53.4 Å². The summed E-state index contributed by atoms with van der Waals surface area (Å²) in [5.74, 6) is -1.06. The fraction of sp³-hybridized carbons (Fsp3) is 0.263. The maximum absolute atomic E-state index is 12.8. The van der Waals surface area contributed by atoms with Crippen molar-refractivity contribution in [3.63, 3.8) is 0 Å². The van der Waals surface area contributed by atoms with Crippen molar-refractivity contribution >= 4 is 27.5 Å². The summed E-state index contributed by atoms with van der Waals surface area (Å²) in [5.41, 5.74) is 6.14. The summed E-state index contributed by atoms with van der Waals surface area (Å²) < 4.78 is 27.0. The number of piperidine rings is 1. The van der Waals surface area contributed by atoms with Gasteiger partial charge in [0.1, 0.15) is 0 Å². The van der Waals surface area contributed by atoms with Crippen molar-refractivity contribution in [3.8, 4) is 0 Å². The van der Waals surface area contributed by atoms with E-state index in [0.717, 1.165) is 19.3 Å². The largest absolute Gasteiger partial charge is 0.366 e. The third-order valence-electron chi connectivity index (χ3n) is 4.45. The van der Waals surface area contributed by atoms with Gasteiger partial charge in [-0.25, -0.2) is 8.42 Å². The van der Waals surface area contributed by atoms with Gasteiger partial charge in [-0.2, -0.15) is 4.31 Å². The van der Waals surface area contributed by atoms with Gasteiger partial charge in [-0.3, -0.25) is 9.59 Å². The average Bonchev–Trinajstić information content (AvgIpc) is 2.69. The molecule has 1 aliphatic heterocycles. The number of sulfonamides is 1. The smallest absolute Gasteiger partial charge is 0.255 e. The van der Waals surface area contributed by atoms with E-state index in [0.29, 0.717) is 18.8 Å². The Morgan fingerprint density at radius 1 is 0.926 bits per heavy atom. The highest BCUT2D eigenvalue weighted by Crippen LogP contribution is 2.22. The Kier molecular flexibility index (Phi) is 5.57. The quantitative estimate of drug-likeness (QED) is 0.819. The van der Waals surface area contributed by atoms with Gasteiger partial charge < -0.3 is 11.1 Å². The van der Waals surface area contributed by atoms with Crippen molar-refractivity contribution < 1.29 is 18.0 Å². The normalized spacial score (nSPS) is 15.3. The fourth-order valence-corrected chi connectivity index (χ4v) is 4.57. The summed E-state index contributed by atoms with van der Waals surface area (Å²) in [6, 6.07) is 12.2. The lowest BCUT2D eigenvalue weighted by Gasteiger charge is -2.26. The molecular formula is C19H21N3O4S. The van der Waals surface area contributed by atoms with Gasteiger partial charge in [0.25, 0.3) is 5.91 Å². The second kappa shape index (κ2) is 7.89. The summed E-state index contributed by atoms with van der Waals surface area (Å²) >= 11 is 0. The SMILES string of the molecule is NC(=O)c1cccc(NC(=O)c2cccc(S(=O)(=O)N3CCCCC3)c2)c1. The van der Waals surface area contributed by atoms with Crippen LogP contribution in [0.5, 0.6) is 0 Å². The summed E-state index contributed by atoms with van der Waals surface area (Å²) in [4.78, 5) is 23.9. The molecule has 0 saturated carbocycles. The van der Waals surface area contributed by atoms with Crippen molar-refractivity contribution in [3.05, 3.63) is 59.7 Å². The van der Waals surface area contributed by atoms with E-state index in [1.807, 2.05) is 0 Å². The zero-order valence-corrected chi connectivity index (χ0v) is 15.5. The number of nitrogens with zero attached hydrogens (tertiary/aromatic N) is 1. The topological polar surface area (TPSA) is 110 Å². The molecule has 2 amide bonds. The highest BCUT2D eigenvalue weighted by molar-refractivity contribution is 7.89. The van der Waals surface area contributed by atoms with Crippen LogP contribution in [0.2, 0.25) is 0 Å². The number of nitrogens with two attached hydrogens (primary N) is 1. The van der Waals surface area contributed by atoms with E-state index >= 15 is 0 Å². The predicted octanol–water partition coefficient (Wildman–Crippen LogP) is 2.21. The van der Waals surface area contributed by atoms with Crippen molar-refractivity contribution in [2.75, 3.05) is 18.4 Å². The third kappa shape index (κ3) is 4.35. The minimum atomic E-state index is -3.62. The van der Waals surface area contributed by atoms with E-state index in [2.05, 4.69) is 5.32 Å². The minimum absolute atomic E-state index is 0.0999. The molecule has 0 radical (unpaired) electrons. The van der Waals surface area contributed by atoms with E-state index < -0.39 is 21.8 Å². The Morgan fingerprint density at radius 3 is 2.30 bits per heavy atom. The van der Waals surface area contributed by atoms with Gasteiger partial charge in [-0.05, 0) is 49.2 Å². The third-order valence-corrected chi connectivity index (χ3v) is 6.35. The van der Waals surface area contributed by atoms with Crippen LogP contribution < -0.4 is 11.1 Å². The zero-order valence-electron chi connectivity index (χ0n) is 14.7. The molecule has 2 aromatic rings. The summed E-state index contributed by atoms with van der Waals surface area (Å²) in [6.45, 7) is 0.997. The number of nitrogens with one attached hydrogen (secondary N) is 1. The minimum Gasteiger partial charge on any atom is -0.366 e. The molecule has 1 saturated heterocycles. The number of anilines is 1. The number of carbonyl (C=O) groups is 2. The van der Waals surface area contributed by atoms with Crippen LogP contribution in [0.3, 0.4) is 0 Å². The number of amides is 2. The second-order valence-electron chi connectivity index (χ2n) is 6.39. The lowest BCUT2D eigenvalue weighted by molar-refractivity contribution is 0.0996. The van der Waals surface area contributed by atoms with Crippen LogP contribution in [0.1, 0.15) is 40.0 Å². The number of hydrogen-bond acceptors (Lipinski definition) is 4. The van der Waals surface area contributed by atoms with E-state index in [1.165, 1.54) is 22.5 Å². The first-order valence-corrected chi connectivity index (χ1v) is 10.1. The van der Waals surface area contributed by atoms with E-state index in [-0.39, 0.29) is 16.0 Å². The molecule has 1 aliphatic rings. The molecule has 0 unspecified atom stereocenters. The van der Waals surface area contributed by atoms with E-state index in [4.69, 9.17) is 5.73 Å². The highest BCUT2D eigenvalue weighted by atomic mass is 32.2. The standard InChI is InChI=1S/C19H21N3O4S/c20-18(23)14-6-4-8-16(12-14)21-19(24)15-7-5-9-17(13-15)27(25,26)22-10-2-1-3-11-22/h4-9,12-13H,1-3,10-11H2,(H2,20,23)(H,21,24). The van der Waals surface area contributed by atoms with Gasteiger partial charge in [-0.1, -0.05) is 18.6 Å². The average molecular weight is 387 g/mol. The van der Waals surface area contributed by atoms with Crippen LogP contribution in [-0.2, 0) is 10.0 Å². The molecule has 27 heavy (non-hydrogen) atoms. The van der Waals surface area contributed by atoms with Crippen molar-refractivity contribution in [1.29, 1.82) is 0 Å². The maximum Gasteiger partial charge on any atom is 0.255 e. The lowest BCUT2D eigenvalue weighted by Crippen LogP contribution is -2.35. The molecule has 3 rings (SSSR count). The van der Waals surface area contributed by atoms with Gasteiger partial charge in [0.2, 0.25) is 15.9 Å². The number of hydrogen-bond donors (Lipinski definition) is 2. The Morgan fingerprint density at radius 2 is 1.59 bits per heavy atom. The first-order chi connectivity index (χ1) is 12.9. The molecule has 2 aromatic carbocycles. The molecule has 8 heteroatoms. The molecule has 1 fully saturated rings. The number of primary amides is 1. The zero-order chi connectivity index (χ0) is 19.4. The van der Waals surface area contributed by atoms with Gasteiger partial charge in [0.05, 0.1) is 4.90 Å². The monoisotopic (exact) mass is 387 g/mol. The molecule has 7 nitrogen and oxygen atoms in total. The van der Waals surface area contributed by atoms with E-state index in [9.17, 15) is 18.0 Å². The van der Waals surface area contributed by atoms with Gasteiger partial charge in [0, 0.05) is 29.9 Å². The maximum atomic E-state index is 12.8. The lowest BCUT2D eigenvalue weighted by atomic mass is 10.1. The first kappa shape index (κ1) is 19.1. The molecule has 0 atom stereocenters. The fourth-order valence-electron chi connectivity index (χ4n) is 3.01. The molecule has 3 N–H and O–H groups in total. The Bertz CT molecular complexity index is 966. The molecular weight excluding hydrogens is 366 g/mol. The van der Waals surface area contributed by atoms with Crippen LogP contribution in [-0.4, -0.2) is 37.6 Å². The molecule has 0 bridgehead atoms. The van der Waals surface area contributed by atoms with Gasteiger partial charge >= 0.3 is 0 Å². The van der Waals surface area contributed by atoms with Gasteiger partial charge in [-0.15, -0.1) is 0 Å². The summed E-state index contributed by atoms with van der Waals surface area (Å²) in [5, 5.41) is 2.66. The Hall–Kier alpha value is -2.71. The molecule has 142 valence electrons. The van der Waals surface area contributed by atoms with Gasteiger partial charge in [0.15, 0.2) is 0 Å². The predicted molar refractivity (Wildman–Crippen MR) is 102 cm³/mol. The van der Waals surface area contributed by atoms with Crippen LogP contribution >= 0.6 is 0 Å². The number of benzene rings is 2. The van der Waals surface area contributed by atoms with Crippen molar-refractivity contribution in [1.82, 2.24) is 4.31 Å². The molecule has 0 spiro atoms.